The monoisotopic (exact) mass is 324 g/mol. The average molecular weight is 324 g/mol. The topological polar surface area (TPSA) is 66.5 Å². The summed E-state index contributed by atoms with van der Waals surface area (Å²) >= 11 is 0. The molecule has 1 N–H and O–H groups in total. The molecule has 6 heteroatoms. The molecule has 1 saturated heterocycles. The molecule has 0 radical (unpaired) electrons. The summed E-state index contributed by atoms with van der Waals surface area (Å²) in [5.41, 5.74) is 0. The van der Waals surface area contributed by atoms with E-state index < -0.39 is 10.0 Å². The zero-order valence-corrected chi connectivity index (χ0v) is 13.8. The minimum atomic E-state index is -3.47. The summed E-state index contributed by atoms with van der Waals surface area (Å²) in [6.07, 6.45) is 3.86. The molecule has 0 aliphatic carbocycles. The lowest BCUT2D eigenvalue weighted by molar-refractivity contribution is -0.132. The number of nitrogens with one attached hydrogen (secondary N) is 1. The van der Waals surface area contributed by atoms with Crippen LogP contribution in [-0.2, 0) is 14.8 Å². The minimum absolute atomic E-state index is 0.0968. The first-order valence-electron chi connectivity index (χ1n) is 7.88. The average Bonchev–Trinajstić information content (AvgIpc) is 2.54. The normalized spacial score (nSPS) is 16.7. The van der Waals surface area contributed by atoms with Crippen LogP contribution in [0.15, 0.2) is 35.2 Å². The maximum Gasteiger partial charge on any atom is 0.240 e. The van der Waals surface area contributed by atoms with Crippen molar-refractivity contribution >= 4 is 15.9 Å². The van der Waals surface area contributed by atoms with Gasteiger partial charge in [0.2, 0.25) is 15.9 Å². The molecule has 0 unspecified atom stereocenters. The molecular formula is C16H24N2O3S. The molecule has 0 aromatic heterocycles. The Morgan fingerprint density at radius 2 is 1.86 bits per heavy atom. The van der Waals surface area contributed by atoms with E-state index in [1.807, 2.05) is 4.90 Å². The van der Waals surface area contributed by atoms with Gasteiger partial charge in [-0.25, -0.2) is 13.1 Å². The molecule has 1 aliphatic rings. The summed E-state index contributed by atoms with van der Waals surface area (Å²) in [5.74, 6) is 0.186. The number of hydrogen-bond acceptors (Lipinski definition) is 3. The summed E-state index contributed by atoms with van der Waals surface area (Å²) in [5, 5.41) is 0. The van der Waals surface area contributed by atoms with E-state index in [4.69, 9.17) is 0 Å². The Morgan fingerprint density at radius 1 is 1.23 bits per heavy atom. The van der Waals surface area contributed by atoms with Crippen molar-refractivity contribution in [3.8, 4) is 0 Å². The van der Waals surface area contributed by atoms with Crippen molar-refractivity contribution < 1.29 is 13.2 Å². The van der Waals surface area contributed by atoms with Gasteiger partial charge in [-0.05, 0) is 31.4 Å². The lowest BCUT2D eigenvalue weighted by atomic mass is 10.1. The molecule has 122 valence electrons. The predicted octanol–water partition coefficient (Wildman–Crippen LogP) is 2.15. The number of carbonyl (C=O) groups is 1. The van der Waals surface area contributed by atoms with Crippen molar-refractivity contribution in [3.05, 3.63) is 30.3 Å². The Hall–Kier alpha value is -1.40. The molecule has 0 saturated carbocycles. The van der Waals surface area contributed by atoms with Crippen molar-refractivity contribution in [2.45, 2.75) is 50.0 Å². The van der Waals surface area contributed by atoms with Crippen LogP contribution in [-0.4, -0.2) is 38.4 Å². The van der Waals surface area contributed by atoms with E-state index in [0.29, 0.717) is 32.4 Å². The van der Waals surface area contributed by atoms with Crippen LogP contribution in [0.5, 0.6) is 0 Å². The van der Waals surface area contributed by atoms with Crippen molar-refractivity contribution in [3.63, 3.8) is 0 Å². The van der Waals surface area contributed by atoms with Crippen LogP contribution in [0.1, 0.15) is 39.0 Å². The van der Waals surface area contributed by atoms with Gasteiger partial charge in [0.05, 0.1) is 4.90 Å². The highest BCUT2D eigenvalue weighted by molar-refractivity contribution is 7.89. The number of benzene rings is 1. The van der Waals surface area contributed by atoms with Gasteiger partial charge in [-0.3, -0.25) is 4.79 Å². The van der Waals surface area contributed by atoms with Crippen LogP contribution in [0.2, 0.25) is 0 Å². The van der Waals surface area contributed by atoms with Gasteiger partial charge in [0.1, 0.15) is 0 Å². The molecule has 1 heterocycles. The zero-order valence-electron chi connectivity index (χ0n) is 13.0. The Labute approximate surface area is 132 Å². The summed E-state index contributed by atoms with van der Waals surface area (Å²) < 4.78 is 27.3. The Kier molecular flexibility index (Phi) is 5.97. The second kappa shape index (κ2) is 7.74. The van der Waals surface area contributed by atoms with Gasteiger partial charge in [-0.1, -0.05) is 31.5 Å². The zero-order chi connectivity index (χ0) is 16.0. The van der Waals surface area contributed by atoms with Crippen molar-refractivity contribution in [2.24, 2.45) is 0 Å². The summed E-state index contributed by atoms with van der Waals surface area (Å²) in [4.78, 5) is 14.1. The number of amides is 1. The molecule has 1 amide bonds. The molecular weight excluding hydrogens is 300 g/mol. The number of carbonyl (C=O) groups excluding carboxylic acids is 1. The molecule has 5 nitrogen and oxygen atoms in total. The van der Waals surface area contributed by atoms with Gasteiger partial charge in [0, 0.05) is 25.6 Å². The third-order valence-corrected chi connectivity index (χ3v) is 5.50. The first-order chi connectivity index (χ1) is 10.5. The largest absolute Gasteiger partial charge is 0.343 e. The van der Waals surface area contributed by atoms with Crippen molar-refractivity contribution in [1.82, 2.24) is 9.62 Å². The quantitative estimate of drug-likeness (QED) is 0.872. The second-order valence-electron chi connectivity index (χ2n) is 5.69. The highest BCUT2D eigenvalue weighted by Gasteiger charge is 2.26. The summed E-state index contributed by atoms with van der Waals surface area (Å²) in [6.45, 7) is 3.33. The van der Waals surface area contributed by atoms with Crippen LogP contribution in [0.25, 0.3) is 0 Å². The number of nitrogens with zero attached hydrogens (tertiary/aromatic N) is 1. The molecule has 1 aliphatic heterocycles. The first kappa shape index (κ1) is 17.0. The van der Waals surface area contributed by atoms with E-state index in [2.05, 4.69) is 11.6 Å². The number of hydrogen-bond donors (Lipinski definition) is 1. The minimum Gasteiger partial charge on any atom is -0.343 e. The van der Waals surface area contributed by atoms with E-state index in [1.165, 1.54) is 0 Å². The molecule has 22 heavy (non-hydrogen) atoms. The standard InChI is InChI=1S/C16H24N2O3S/c1-2-3-9-16(19)18-12-10-14(11-13-18)17-22(20,21)15-7-5-4-6-8-15/h4-8,14,17H,2-3,9-13H2,1H3. The van der Waals surface area contributed by atoms with E-state index in [1.54, 1.807) is 30.3 Å². The van der Waals surface area contributed by atoms with E-state index >= 15 is 0 Å². The number of piperidine rings is 1. The smallest absolute Gasteiger partial charge is 0.240 e. The Bertz CT molecular complexity index is 579. The fourth-order valence-corrected chi connectivity index (χ4v) is 3.95. The molecule has 1 aromatic rings. The third kappa shape index (κ3) is 4.55. The Balaban J connectivity index is 1.86. The fraction of sp³-hybridized carbons (Fsp3) is 0.562. The predicted molar refractivity (Wildman–Crippen MR) is 85.9 cm³/mol. The SMILES string of the molecule is CCCCC(=O)N1CCC(NS(=O)(=O)c2ccccc2)CC1. The summed E-state index contributed by atoms with van der Waals surface area (Å²) in [7, 11) is -3.47. The van der Waals surface area contributed by atoms with Crippen LogP contribution in [0.4, 0.5) is 0 Å². The third-order valence-electron chi connectivity index (χ3n) is 3.97. The van der Waals surface area contributed by atoms with Crippen LogP contribution in [0, 0.1) is 0 Å². The highest BCUT2D eigenvalue weighted by Crippen LogP contribution is 2.16. The van der Waals surface area contributed by atoms with Gasteiger partial charge < -0.3 is 4.90 Å². The molecule has 1 fully saturated rings. The summed E-state index contributed by atoms with van der Waals surface area (Å²) in [6, 6.07) is 8.30. The first-order valence-corrected chi connectivity index (χ1v) is 9.36. The number of likely N-dealkylation sites (tertiary alicyclic amines) is 1. The molecule has 0 spiro atoms. The van der Waals surface area contributed by atoms with E-state index in [-0.39, 0.29) is 16.8 Å². The molecule has 0 bridgehead atoms. The maximum absolute atomic E-state index is 12.3. The number of unbranched alkanes of at least 4 members (excludes halogenated alkanes) is 1. The molecule has 1 aromatic carbocycles. The van der Waals surface area contributed by atoms with E-state index in [0.717, 1.165) is 12.8 Å². The van der Waals surface area contributed by atoms with Gasteiger partial charge in [-0.2, -0.15) is 0 Å². The van der Waals surface area contributed by atoms with Gasteiger partial charge >= 0.3 is 0 Å². The number of sulfonamides is 1. The molecule has 2 rings (SSSR count). The Morgan fingerprint density at radius 3 is 2.45 bits per heavy atom. The van der Waals surface area contributed by atoms with Crippen LogP contribution >= 0.6 is 0 Å². The van der Waals surface area contributed by atoms with Crippen LogP contribution < -0.4 is 4.72 Å². The lowest BCUT2D eigenvalue weighted by Crippen LogP contribution is -2.46. The number of rotatable bonds is 6. The highest BCUT2D eigenvalue weighted by atomic mass is 32.2. The van der Waals surface area contributed by atoms with Crippen molar-refractivity contribution in [1.29, 1.82) is 0 Å². The fourth-order valence-electron chi connectivity index (χ4n) is 2.62. The van der Waals surface area contributed by atoms with Gasteiger partial charge in [0.25, 0.3) is 0 Å². The van der Waals surface area contributed by atoms with Gasteiger partial charge in [0.15, 0.2) is 0 Å². The maximum atomic E-state index is 12.3. The second-order valence-corrected chi connectivity index (χ2v) is 7.41. The molecule has 0 atom stereocenters. The van der Waals surface area contributed by atoms with E-state index in [9.17, 15) is 13.2 Å². The van der Waals surface area contributed by atoms with Gasteiger partial charge in [-0.15, -0.1) is 0 Å². The van der Waals surface area contributed by atoms with Crippen LogP contribution in [0.3, 0.4) is 0 Å². The lowest BCUT2D eigenvalue weighted by Gasteiger charge is -2.32. The van der Waals surface area contributed by atoms with Crippen molar-refractivity contribution in [2.75, 3.05) is 13.1 Å².